The standard InChI is InChI=1S/C13H20N2O.2ClH/c1-4-12(15-7-5-14-6-8-15)13-9-10(2)11(3)16-13;;/h4,9,12,14H,1,5-8H2,2-3H3;2*1H/t12-;;/m0../s1. The third-order valence-corrected chi connectivity index (χ3v) is 3.24. The van der Waals surface area contributed by atoms with Crippen molar-refractivity contribution < 1.29 is 4.42 Å². The van der Waals surface area contributed by atoms with E-state index in [1.165, 1.54) is 5.56 Å². The molecule has 2 heterocycles. The van der Waals surface area contributed by atoms with E-state index in [-0.39, 0.29) is 30.9 Å². The van der Waals surface area contributed by atoms with Gasteiger partial charge in [-0.3, -0.25) is 4.90 Å². The van der Waals surface area contributed by atoms with Crippen molar-refractivity contribution in [3.05, 3.63) is 35.8 Å². The van der Waals surface area contributed by atoms with Gasteiger partial charge in [0.2, 0.25) is 0 Å². The SMILES string of the molecule is C=C[C@@H](c1cc(C)c(C)o1)N1CCNCC1.Cl.Cl. The number of nitrogens with one attached hydrogen (secondary N) is 1. The van der Waals surface area contributed by atoms with Crippen molar-refractivity contribution >= 4 is 24.8 Å². The van der Waals surface area contributed by atoms with Gasteiger partial charge in [0.25, 0.3) is 0 Å². The third-order valence-electron chi connectivity index (χ3n) is 3.24. The molecule has 104 valence electrons. The first-order chi connectivity index (χ1) is 7.72. The summed E-state index contributed by atoms with van der Waals surface area (Å²) in [6, 6.07) is 2.35. The predicted octanol–water partition coefficient (Wildman–Crippen LogP) is 2.87. The maximum absolute atomic E-state index is 5.79. The van der Waals surface area contributed by atoms with Crippen LogP contribution in [0.4, 0.5) is 0 Å². The molecule has 1 aliphatic rings. The molecule has 2 rings (SSSR count). The number of aryl methyl sites for hydroxylation is 2. The minimum absolute atomic E-state index is 0. The maximum Gasteiger partial charge on any atom is 0.125 e. The quantitative estimate of drug-likeness (QED) is 0.869. The van der Waals surface area contributed by atoms with Crippen LogP contribution >= 0.6 is 24.8 Å². The number of halogens is 2. The van der Waals surface area contributed by atoms with Crippen LogP contribution in [0.25, 0.3) is 0 Å². The molecule has 1 atom stereocenters. The van der Waals surface area contributed by atoms with Gasteiger partial charge in [0.1, 0.15) is 11.5 Å². The zero-order valence-electron chi connectivity index (χ0n) is 10.9. The van der Waals surface area contributed by atoms with Crippen molar-refractivity contribution in [2.24, 2.45) is 0 Å². The molecule has 0 aliphatic carbocycles. The Morgan fingerprint density at radius 2 is 1.94 bits per heavy atom. The molecular formula is C13H22Cl2N2O. The molecule has 1 aliphatic heterocycles. The van der Waals surface area contributed by atoms with Crippen LogP contribution in [-0.4, -0.2) is 31.1 Å². The molecule has 0 spiro atoms. The van der Waals surface area contributed by atoms with Gasteiger partial charge in [-0.05, 0) is 25.5 Å². The highest BCUT2D eigenvalue weighted by atomic mass is 35.5. The topological polar surface area (TPSA) is 28.4 Å². The Balaban J connectivity index is 0.00000144. The van der Waals surface area contributed by atoms with E-state index >= 15 is 0 Å². The molecule has 3 nitrogen and oxygen atoms in total. The molecule has 0 radical (unpaired) electrons. The molecule has 0 aromatic carbocycles. The van der Waals surface area contributed by atoms with Crippen LogP contribution in [-0.2, 0) is 0 Å². The highest BCUT2D eigenvalue weighted by Gasteiger charge is 2.22. The summed E-state index contributed by atoms with van der Waals surface area (Å²) in [4.78, 5) is 2.40. The maximum atomic E-state index is 5.79. The zero-order chi connectivity index (χ0) is 11.5. The van der Waals surface area contributed by atoms with Gasteiger partial charge >= 0.3 is 0 Å². The smallest absolute Gasteiger partial charge is 0.125 e. The molecule has 0 bridgehead atoms. The van der Waals surface area contributed by atoms with Crippen molar-refractivity contribution in [2.45, 2.75) is 19.9 Å². The van der Waals surface area contributed by atoms with E-state index in [0.29, 0.717) is 0 Å². The zero-order valence-corrected chi connectivity index (χ0v) is 12.6. The van der Waals surface area contributed by atoms with Crippen LogP contribution in [0.15, 0.2) is 23.1 Å². The van der Waals surface area contributed by atoms with Crippen LogP contribution in [0, 0.1) is 13.8 Å². The third kappa shape index (κ3) is 3.75. The van der Waals surface area contributed by atoms with Gasteiger partial charge in [0.05, 0.1) is 6.04 Å². The Morgan fingerprint density at radius 1 is 1.33 bits per heavy atom. The van der Waals surface area contributed by atoms with Crippen LogP contribution in [0.1, 0.15) is 23.1 Å². The van der Waals surface area contributed by atoms with Crippen molar-refractivity contribution in [1.29, 1.82) is 0 Å². The number of nitrogens with zero attached hydrogens (tertiary/aromatic N) is 1. The largest absolute Gasteiger partial charge is 0.464 e. The van der Waals surface area contributed by atoms with E-state index in [9.17, 15) is 0 Å². The Morgan fingerprint density at radius 3 is 2.39 bits per heavy atom. The molecule has 0 saturated carbocycles. The first kappa shape index (κ1) is 17.5. The second-order valence-corrected chi connectivity index (χ2v) is 4.35. The number of hydrogen-bond donors (Lipinski definition) is 1. The molecule has 5 heteroatoms. The van der Waals surface area contributed by atoms with E-state index in [1.807, 2.05) is 13.0 Å². The summed E-state index contributed by atoms with van der Waals surface area (Å²) in [7, 11) is 0. The summed E-state index contributed by atoms with van der Waals surface area (Å²) in [6.07, 6.45) is 1.98. The monoisotopic (exact) mass is 292 g/mol. The Kier molecular flexibility index (Phi) is 7.64. The van der Waals surface area contributed by atoms with Gasteiger partial charge in [0.15, 0.2) is 0 Å². The van der Waals surface area contributed by atoms with Gasteiger partial charge in [-0.1, -0.05) is 6.08 Å². The van der Waals surface area contributed by atoms with Gasteiger partial charge in [-0.15, -0.1) is 31.4 Å². The molecule has 0 unspecified atom stereocenters. The van der Waals surface area contributed by atoms with Crippen molar-refractivity contribution in [3.8, 4) is 0 Å². The number of rotatable bonds is 3. The highest BCUT2D eigenvalue weighted by molar-refractivity contribution is 5.85. The van der Waals surface area contributed by atoms with E-state index in [2.05, 4.69) is 29.8 Å². The summed E-state index contributed by atoms with van der Waals surface area (Å²) in [5.41, 5.74) is 1.22. The first-order valence-corrected chi connectivity index (χ1v) is 5.86. The summed E-state index contributed by atoms with van der Waals surface area (Å²) in [5.74, 6) is 2.03. The van der Waals surface area contributed by atoms with Gasteiger partial charge in [-0.2, -0.15) is 0 Å². The summed E-state index contributed by atoms with van der Waals surface area (Å²) < 4.78 is 5.79. The lowest BCUT2D eigenvalue weighted by Gasteiger charge is -2.31. The average molecular weight is 293 g/mol. The second-order valence-electron chi connectivity index (χ2n) is 4.35. The minimum atomic E-state index is 0. The van der Waals surface area contributed by atoms with Crippen LogP contribution in [0.5, 0.6) is 0 Å². The first-order valence-electron chi connectivity index (χ1n) is 5.86. The molecule has 1 aromatic rings. The van der Waals surface area contributed by atoms with Gasteiger partial charge in [0, 0.05) is 26.2 Å². The fraction of sp³-hybridized carbons (Fsp3) is 0.538. The average Bonchev–Trinajstić information content (AvgIpc) is 2.61. The normalized spacial score (nSPS) is 17.4. The van der Waals surface area contributed by atoms with Crippen LogP contribution < -0.4 is 5.32 Å². The highest BCUT2D eigenvalue weighted by Crippen LogP contribution is 2.26. The van der Waals surface area contributed by atoms with Gasteiger partial charge < -0.3 is 9.73 Å². The minimum Gasteiger partial charge on any atom is -0.464 e. The van der Waals surface area contributed by atoms with E-state index < -0.39 is 0 Å². The lowest BCUT2D eigenvalue weighted by atomic mass is 10.1. The van der Waals surface area contributed by atoms with E-state index in [1.54, 1.807) is 0 Å². The Labute approximate surface area is 121 Å². The van der Waals surface area contributed by atoms with Crippen molar-refractivity contribution in [1.82, 2.24) is 10.2 Å². The fourth-order valence-electron chi connectivity index (χ4n) is 2.15. The Bertz CT molecular complexity index is 354. The predicted molar refractivity (Wildman–Crippen MR) is 80.1 cm³/mol. The van der Waals surface area contributed by atoms with Crippen molar-refractivity contribution in [2.75, 3.05) is 26.2 Å². The summed E-state index contributed by atoms with van der Waals surface area (Å²) >= 11 is 0. The molecular weight excluding hydrogens is 271 g/mol. The van der Waals surface area contributed by atoms with Crippen LogP contribution in [0.2, 0.25) is 0 Å². The molecule has 0 amide bonds. The lowest BCUT2D eigenvalue weighted by molar-refractivity contribution is 0.184. The fourth-order valence-corrected chi connectivity index (χ4v) is 2.15. The van der Waals surface area contributed by atoms with Crippen molar-refractivity contribution in [3.63, 3.8) is 0 Å². The molecule has 1 saturated heterocycles. The summed E-state index contributed by atoms with van der Waals surface area (Å²) in [6.45, 7) is 12.2. The molecule has 1 fully saturated rings. The van der Waals surface area contributed by atoms with E-state index in [0.717, 1.165) is 37.7 Å². The van der Waals surface area contributed by atoms with Gasteiger partial charge in [-0.25, -0.2) is 0 Å². The second kappa shape index (κ2) is 7.85. The van der Waals surface area contributed by atoms with E-state index in [4.69, 9.17) is 4.42 Å². The summed E-state index contributed by atoms with van der Waals surface area (Å²) in [5, 5.41) is 3.36. The number of hydrogen-bond acceptors (Lipinski definition) is 3. The molecule has 1 N–H and O–H groups in total. The Hall–Kier alpha value is -0.480. The lowest BCUT2D eigenvalue weighted by Crippen LogP contribution is -2.44. The molecule has 1 aromatic heterocycles. The number of furan rings is 1. The van der Waals surface area contributed by atoms with Crippen LogP contribution in [0.3, 0.4) is 0 Å². The number of piperazine rings is 1. The molecule has 18 heavy (non-hydrogen) atoms.